The molecule has 10 heteroatoms. The van der Waals surface area contributed by atoms with Crippen LogP contribution in [0.4, 0.5) is 10.6 Å². The molecule has 0 unspecified atom stereocenters. The number of hydrogen-bond acceptors (Lipinski definition) is 5. The van der Waals surface area contributed by atoms with Crippen molar-refractivity contribution in [1.82, 2.24) is 15.5 Å². The molecule has 0 fully saturated rings. The van der Waals surface area contributed by atoms with Crippen molar-refractivity contribution in [3.8, 4) is 5.88 Å². The van der Waals surface area contributed by atoms with E-state index >= 15 is 0 Å². The first-order chi connectivity index (χ1) is 11.0. The van der Waals surface area contributed by atoms with Gasteiger partial charge in [-0.25, -0.2) is 4.79 Å². The Kier molecular flexibility index (Phi) is 5.97. The summed E-state index contributed by atoms with van der Waals surface area (Å²) in [5.41, 5.74) is 0.291. The molecule has 0 aliphatic carbocycles. The minimum atomic E-state index is -0.782. The first kappa shape index (κ1) is 17.3. The van der Waals surface area contributed by atoms with Gasteiger partial charge in [0.05, 0.1) is 17.2 Å². The van der Waals surface area contributed by atoms with Crippen molar-refractivity contribution < 1.29 is 19.4 Å². The molecule has 0 saturated heterocycles. The van der Waals surface area contributed by atoms with Crippen LogP contribution in [0.25, 0.3) is 0 Å². The molecule has 4 N–H and O–H groups in total. The highest BCUT2D eigenvalue weighted by atomic mass is 79.9. The Bertz CT molecular complexity index is 722. The van der Waals surface area contributed by atoms with Crippen molar-refractivity contribution >= 4 is 45.3 Å². The highest BCUT2D eigenvalue weighted by Gasteiger charge is 2.18. The van der Waals surface area contributed by atoms with E-state index in [1.807, 2.05) is 0 Å². The number of aromatic nitrogens is 2. The van der Waals surface area contributed by atoms with Gasteiger partial charge in [0.2, 0.25) is 0 Å². The molecule has 2 rings (SSSR count). The molecule has 1 heterocycles. The highest BCUT2D eigenvalue weighted by Crippen LogP contribution is 2.30. The molecule has 8 nitrogen and oxygen atoms in total. The summed E-state index contributed by atoms with van der Waals surface area (Å²) in [5.74, 6) is -0.300. The summed E-state index contributed by atoms with van der Waals surface area (Å²) in [5, 5.41) is 20.1. The first-order valence-electron chi connectivity index (χ1n) is 6.39. The van der Waals surface area contributed by atoms with E-state index in [0.29, 0.717) is 10.6 Å². The van der Waals surface area contributed by atoms with E-state index in [2.05, 4.69) is 36.8 Å². The van der Waals surface area contributed by atoms with Crippen LogP contribution in [0.15, 0.2) is 28.7 Å². The van der Waals surface area contributed by atoms with E-state index in [9.17, 15) is 9.59 Å². The Hall–Kier alpha value is -2.10. The molecule has 0 aliphatic rings. The SMILES string of the molecule is O=C(NCCO)Oc1n[nH]c(NC(=O)c2ccccc2Cl)c1Br. The lowest BCUT2D eigenvalue weighted by molar-refractivity contribution is 0.102. The number of anilines is 1. The molecule has 2 aromatic rings. The fourth-order valence-electron chi connectivity index (χ4n) is 1.57. The van der Waals surface area contributed by atoms with Gasteiger partial charge in [-0.2, -0.15) is 0 Å². The van der Waals surface area contributed by atoms with Crippen LogP contribution in [-0.4, -0.2) is 40.5 Å². The number of aliphatic hydroxyl groups is 1. The normalized spacial score (nSPS) is 10.2. The number of benzene rings is 1. The zero-order chi connectivity index (χ0) is 16.8. The van der Waals surface area contributed by atoms with Crippen LogP contribution in [0.3, 0.4) is 0 Å². The molecule has 0 atom stereocenters. The van der Waals surface area contributed by atoms with Crippen LogP contribution < -0.4 is 15.4 Å². The molecule has 1 aromatic heterocycles. The van der Waals surface area contributed by atoms with E-state index in [1.165, 1.54) is 0 Å². The van der Waals surface area contributed by atoms with E-state index in [0.717, 1.165) is 0 Å². The van der Waals surface area contributed by atoms with Gasteiger partial charge in [-0.15, -0.1) is 5.10 Å². The Morgan fingerprint density at radius 2 is 2.13 bits per heavy atom. The molecule has 2 amide bonds. The standard InChI is InChI=1S/C13H12BrClN4O4/c14-9-10(17-11(21)7-3-1-2-4-8(7)15)18-19-12(9)23-13(22)16-5-6-20/h1-4,20H,5-6H2,(H,16,22)(H2,17,18,19,21). The lowest BCUT2D eigenvalue weighted by atomic mass is 10.2. The second-order valence-corrected chi connectivity index (χ2v) is 5.39. The molecule has 122 valence electrons. The van der Waals surface area contributed by atoms with E-state index < -0.39 is 12.0 Å². The second kappa shape index (κ2) is 7.95. The maximum atomic E-state index is 12.1. The molecule has 0 saturated carbocycles. The Morgan fingerprint density at radius 1 is 1.39 bits per heavy atom. The maximum Gasteiger partial charge on any atom is 0.414 e. The van der Waals surface area contributed by atoms with Crippen LogP contribution in [0.5, 0.6) is 5.88 Å². The number of aromatic amines is 1. The smallest absolute Gasteiger partial charge is 0.395 e. The van der Waals surface area contributed by atoms with Crippen molar-refractivity contribution in [2.45, 2.75) is 0 Å². The molecular weight excluding hydrogens is 392 g/mol. The quantitative estimate of drug-likeness (QED) is 0.610. The van der Waals surface area contributed by atoms with Gasteiger partial charge >= 0.3 is 6.09 Å². The summed E-state index contributed by atoms with van der Waals surface area (Å²) in [6.07, 6.45) is -0.782. The molecule has 23 heavy (non-hydrogen) atoms. The van der Waals surface area contributed by atoms with E-state index in [4.69, 9.17) is 21.4 Å². The summed E-state index contributed by atoms with van der Waals surface area (Å²) in [4.78, 5) is 23.5. The number of carbonyl (C=O) groups is 2. The fourth-order valence-corrected chi connectivity index (χ4v) is 2.15. The summed E-state index contributed by atoms with van der Waals surface area (Å²) in [7, 11) is 0. The van der Waals surface area contributed by atoms with Gasteiger partial charge in [-0.05, 0) is 28.1 Å². The summed E-state index contributed by atoms with van der Waals surface area (Å²) in [6, 6.07) is 6.56. The number of carbonyl (C=O) groups excluding carboxylic acids is 2. The van der Waals surface area contributed by atoms with Crippen LogP contribution >= 0.6 is 27.5 Å². The van der Waals surface area contributed by atoms with Crippen LogP contribution in [-0.2, 0) is 0 Å². The Morgan fingerprint density at radius 3 is 2.83 bits per heavy atom. The third-order valence-corrected chi connectivity index (χ3v) is 3.67. The maximum absolute atomic E-state index is 12.1. The third-order valence-electron chi connectivity index (χ3n) is 2.60. The molecule has 0 spiro atoms. The minimum absolute atomic E-state index is 0.0526. The number of nitrogens with zero attached hydrogens (tertiary/aromatic N) is 1. The van der Waals surface area contributed by atoms with Gasteiger partial charge in [0, 0.05) is 6.54 Å². The molecule has 0 bridgehead atoms. The number of hydrogen-bond donors (Lipinski definition) is 4. The number of halogens is 2. The molecular formula is C13H12BrClN4O4. The Labute approximate surface area is 144 Å². The number of H-pyrrole nitrogens is 1. The van der Waals surface area contributed by atoms with Crippen molar-refractivity contribution in [2.75, 3.05) is 18.5 Å². The fraction of sp³-hybridized carbons (Fsp3) is 0.154. The second-order valence-electron chi connectivity index (χ2n) is 4.19. The van der Waals surface area contributed by atoms with Crippen LogP contribution in [0.2, 0.25) is 5.02 Å². The van der Waals surface area contributed by atoms with Gasteiger partial charge < -0.3 is 20.5 Å². The number of aliphatic hydroxyl groups excluding tert-OH is 1. The van der Waals surface area contributed by atoms with Crippen molar-refractivity contribution in [1.29, 1.82) is 0 Å². The van der Waals surface area contributed by atoms with Gasteiger partial charge in [0.1, 0.15) is 10.3 Å². The van der Waals surface area contributed by atoms with Gasteiger partial charge in [0.15, 0.2) is 0 Å². The number of nitrogens with one attached hydrogen (secondary N) is 3. The first-order valence-corrected chi connectivity index (χ1v) is 7.56. The third kappa shape index (κ3) is 4.44. The number of amides is 2. The van der Waals surface area contributed by atoms with E-state index in [-0.39, 0.29) is 29.3 Å². The average Bonchev–Trinajstić information content (AvgIpc) is 2.86. The van der Waals surface area contributed by atoms with E-state index in [1.54, 1.807) is 24.3 Å². The molecule has 1 aromatic carbocycles. The average molecular weight is 404 g/mol. The topological polar surface area (TPSA) is 116 Å². The lowest BCUT2D eigenvalue weighted by Crippen LogP contribution is -2.29. The van der Waals surface area contributed by atoms with Crippen molar-refractivity contribution in [3.05, 3.63) is 39.3 Å². The van der Waals surface area contributed by atoms with Crippen molar-refractivity contribution in [2.24, 2.45) is 0 Å². The zero-order valence-corrected chi connectivity index (χ0v) is 13.9. The van der Waals surface area contributed by atoms with Gasteiger partial charge in [-0.3, -0.25) is 9.89 Å². The summed E-state index contributed by atoms with van der Waals surface area (Å²) < 4.78 is 5.17. The monoisotopic (exact) mass is 402 g/mol. The van der Waals surface area contributed by atoms with Gasteiger partial charge in [0.25, 0.3) is 11.8 Å². The van der Waals surface area contributed by atoms with Crippen molar-refractivity contribution in [3.63, 3.8) is 0 Å². The molecule has 0 aliphatic heterocycles. The summed E-state index contributed by atoms with van der Waals surface area (Å²) in [6.45, 7) is -0.160. The largest absolute Gasteiger partial charge is 0.414 e. The van der Waals surface area contributed by atoms with Crippen LogP contribution in [0.1, 0.15) is 10.4 Å². The zero-order valence-electron chi connectivity index (χ0n) is 11.6. The van der Waals surface area contributed by atoms with Gasteiger partial charge in [-0.1, -0.05) is 23.7 Å². The highest BCUT2D eigenvalue weighted by molar-refractivity contribution is 9.10. The predicted octanol–water partition coefficient (Wildman–Crippen LogP) is 2.16. The number of rotatable bonds is 5. The lowest BCUT2D eigenvalue weighted by Gasteiger charge is -2.05. The Balaban J connectivity index is 2.06. The number of ether oxygens (including phenoxy) is 1. The van der Waals surface area contributed by atoms with Crippen LogP contribution in [0, 0.1) is 0 Å². The summed E-state index contributed by atoms with van der Waals surface area (Å²) >= 11 is 9.12. The predicted molar refractivity (Wildman–Crippen MR) is 86.8 cm³/mol. The molecule has 0 radical (unpaired) electrons. The minimum Gasteiger partial charge on any atom is -0.395 e.